The van der Waals surface area contributed by atoms with Gasteiger partial charge in [-0.05, 0) is 0 Å². The summed E-state index contributed by atoms with van der Waals surface area (Å²) in [6.07, 6.45) is -0.759. The van der Waals surface area contributed by atoms with Crippen LogP contribution in [-0.2, 0) is 4.74 Å². The van der Waals surface area contributed by atoms with Gasteiger partial charge in [-0.25, -0.2) is 4.79 Å². The highest BCUT2D eigenvalue weighted by Gasteiger charge is 2.24. The molecule has 2 N–H and O–H groups in total. The average Bonchev–Trinajstić information content (AvgIpc) is 1.85. The molecule has 46 valence electrons. The highest BCUT2D eigenvalue weighted by molar-refractivity contribution is 5.69. The molecule has 1 atom stereocenters. The van der Waals surface area contributed by atoms with E-state index >= 15 is 0 Å². The minimum atomic E-state index is -0.424. The highest BCUT2D eigenvalue weighted by atomic mass is 16.6. The Labute approximate surface area is 47.2 Å². The van der Waals surface area contributed by atoms with Crippen molar-refractivity contribution >= 4 is 6.09 Å². The van der Waals surface area contributed by atoms with Crippen LogP contribution in [0.25, 0.3) is 0 Å². The van der Waals surface area contributed by atoms with Gasteiger partial charge in [0.1, 0.15) is 0 Å². The Bertz CT molecular complexity index is 115. The molecule has 0 radical (unpaired) electrons. The lowest BCUT2D eigenvalue weighted by atomic mass is 10.6. The number of cyclic esters (lactones) is 1. The molecule has 0 spiro atoms. The molecule has 0 aromatic carbocycles. The van der Waals surface area contributed by atoms with Gasteiger partial charge >= 0.3 is 6.09 Å². The molecule has 0 aliphatic carbocycles. The van der Waals surface area contributed by atoms with E-state index in [-0.39, 0.29) is 6.09 Å². The van der Waals surface area contributed by atoms with Crippen LogP contribution >= 0.6 is 0 Å². The maximum Gasteiger partial charge on any atom is 0.411 e. The summed E-state index contributed by atoms with van der Waals surface area (Å²) in [5, 5.41) is 0. The summed E-state index contributed by atoms with van der Waals surface area (Å²) in [5.74, 6) is 0. The van der Waals surface area contributed by atoms with Gasteiger partial charge in [0.05, 0.1) is 6.54 Å². The number of carbonyl (C=O) groups is 1. The molecule has 1 amide bonds. The van der Waals surface area contributed by atoms with E-state index in [4.69, 9.17) is 5.73 Å². The third kappa shape index (κ3) is 0.742. The molecular weight excluding hydrogens is 108 g/mol. The first-order valence-electron chi connectivity index (χ1n) is 2.37. The fraction of sp³-hybridized carbons (Fsp3) is 0.750. The van der Waals surface area contributed by atoms with Crippen LogP contribution in [0.15, 0.2) is 0 Å². The molecule has 4 nitrogen and oxygen atoms in total. The second-order valence-corrected chi connectivity index (χ2v) is 1.80. The van der Waals surface area contributed by atoms with E-state index < -0.39 is 6.23 Å². The van der Waals surface area contributed by atoms with Crippen molar-refractivity contribution in [1.82, 2.24) is 4.90 Å². The van der Waals surface area contributed by atoms with Gasteiger partial charge in [0.2, 0.25) is 0 Å². The Morgan fingerprint density at radius 1 is 2.00 bits per heavy atom. The number of hydrogen-bond donors (Lipinski definition) is 1. The normalized spacial score (nSPS) is 28.5. The summed E-state index contributed by atoms with van der Waals surface area (Å²) in [5.41, 5.74) is 5.23. The van der Waals surface area contributed by atoms with E-state index in [0.717, 1.165) is 0 Å². The first-order valence-corrected chi connectivity index (χ1v) is 2.37. The average molecular weight is 116 g/mol. The zero-order valence-corrected chi connectivity index (χ0v) is 4.63. The summed E-state index contributed by atoms with van der Waals surface area (Å²) < 4.78 is 4.54. The van der Waals surface area contributed by atoms with Gasteiger partial charge in [-0.15, -0.1) is 0 Å². The first kappa shape index (κ1) is 5.37. The number of hydrogen-bond acceptors (Lipinski definition) is 3. The van der Waals surface area contributed by atoms with Crippen LogP contribution in [0.3, 0.4) is 0 Å². The molecule has 8 heavy (non-hydrogen) atoms. The number of nitrogens with two attached hydrogens (primary N) is 1. The number of nitrogens with zero attached hydrogens (tertiary/aromatic N) is 1. The van der Waals surface area contributed by atoms with E-state index in [1.165, 1.54) is 4.90 Å². The maximum atomic E-state index is 10.4. The largest absolute Gasteiger partial charge is 0.429 e. The molecule has 1 fully saturated rings. The molecule has 0 aromatic heterocycles. The van der Waals surface area contributed by atoms with E-state index in [1.807, 2.05) is 0 Å². The highest BCUT2D eigenvalue weighted by Crippen LogP contribution is 2.02. The minimum Gasteiger partial charge on any atom is -0.429 e. The monoisotopic (exact) mass is 116 g/mol. The SMILES string of the molecule is CN1C[C@@H](N)OC1=O. The second-order valence-electron chi connectivity index (χ2n) is 1.80. The van der Waals surface area contributed by atoms with Crippen LogP contribution in [0.4, 0.5) is 4.79 Å². The Hall–Kier alpha value is -0.770. The zero-order chi connectivity index (χ0) is 6.15. The molecule has 1 aliphatic rings. The Morgan fingerprint density at radius 2 is 2.62 bits per heavy atom. The van der Waals surface area contributed by atoms with Crippen LogP contribution in [0.5, 0.6) is 0 Å². The van der Waals surface area contributed by atoms with Crippen LogP contribution < -0.4 is 5.73 Å². The number of amides is 1. The van der Waals surface area contributed by atoms with E-state index in [2.05, 4.69) is 4.74 Å². The summed E-state index contributed by atoms with van der Waals surface area (Å²) >= 11 is 0. The molecule has 1 saturated heterocycles. The third-order valence-corrected chi connectivity index (χ3v) is 1.02. The predicted octanol–water partition coefficient (Wildman–Crippen LogP) is -0.647. The first-order chi connectivity index (χ1) is 3.70. The molecule has 1 heterocycles. The maximum absolute atomic E-state index is 10.4. The molecule has 0 unspecified atom stereocenters. The predicted molar refractivity (Wildman–Crippen MR) is 27.1 cm³/mol. The van der Waals surface area contributed by atoms with Gasteiger partial charge in [-0.3, -0.25) is 5.73 Å². The van der Waals surface area contributed by atoms with Crippen LogP contribution in [-0.4, -0.2) is 30.8 Å². The smallest absolute Gasteiger partial charge is 0.411 e. The van der Waals surface area contributed by atoms with Crippen LogP contribution in [0, 0.1) is 0 Å². The number of carbonyl (C=O) groups excluding carboxylic acids is 1. The van der Waals surface area contributed by atoms with Crippen molar-refractivity contribution < 1.29 is 9.53 Å². The van der Waals surface area contributed by atoms with E-state index in [9.17, 15) is 4.79 Å². The molecule has 1 aliphatic heterocycles. The van der Waals surface area contributed by atoms with Crippen molar-refractivity contribution in [2.24, 2.45) is 5.73 Å². The van der Waals surface area contributed by atoms with Crippen LogP contribution in [0.2, 0.25) is 0 Å². The second kappa shape index (κ2) is 1.63. The van der Waals surface area contributed by atoms with Crippen molar-refractivity contribution in [2.75, 3.05) is 13.6 Å². The number of likely N-dealkylation sites (N-methyl/N-ethyl adjacent to an activating group) is 1. The molecule has 0 bridgehead atoms. The van der Waals surface area contributed by atoms with Gasteiger partial charge in [-0.2, -0.15) is 0 Å². The lowest BCUT2D eigenvalue weighted by Gasteiger charge is -1.99. The molecule has 0 saturated carbocycles. The fourth-order valence-electron chi connectivity index (χ4n) is 0.601. The van der Waals surface area contributed by atoms with Crippen molar-refractivity contribution in [2.45, 2.75) is 6.23 Å². The Balaban J connectivity index is 2.51. The van der Waals surface area contributed by atoms with Gasteiger partial charge in [0.25, 0.3) is 0 Å². The summed E-state index contributed by atoms with van der Waals surface area (Å²) in [6, 6.07) is 0. The minimum absolute atomic E-state index is 0.336. The van der Waals surface area contributed by atoms with Gasteiger partial charge in [0, 0.05) is 7.05 Å². The van der Waals surface area contributed by atoms with Gasteiger partial charge in [0.15, 0.2) is 6.23 Å². The molecule has 1 rings (SSSR count). The lowest BCUT2D eigenvalue weighted by molar-refractivity contribution is 0.137. The van der Waals surface area contributed by atoms with Crippen molar-refractivity contribution in [1.29, 1.82) is 0 Å². The van der Waals surface area contributed by atoms with Crippen molar-refractivity contribution in [3.63, 3.8) is 0 Å². The Kier molecular flexibility index (Phi) is 1.09. The molecular formula is C4H8N2O2. The zero-order valence-electron chi connectivity index (χ0n) is 4.63. The van der Waals surface area contributed by atoms with Crippen molar-refractivity contribution in [3.8, 4) is 0 Å². The molecule has 4 heteroatoms. The number of rotatable bonds is 0. The molecule has 0 aromatic rings. The summed E-state index contributed by atoms with van der Waals surface area (Å²) in [6.45, 7) is 0.499. The van der Waals surface area contributed by atoms with Crippen molar-refractivity contribution in [3.05, 3.63) is 0 Å². The van der Waals surface area contributed by atoms with E-state index in [1.54, 1.807) is 7.05 Å². The van der Waals surface area contributed by atoms with E-state index in [0.29, 0.717) is 6.54 Å². The van der Waals surface area contributed by atoms with Crippen LogP contribution in [0.1, 0.15) is 0 Å². The fourth-order valence-corrected chi connectivity index (χ4v) is 0.601. The van der Waals surface area contributed by atoms with Gasteiger partial charge in [-0.1, -0.05) is 0 Å². The topological polar surface area (TPSA) is 55.6 Å². The Morgan fingerprint density at radius 3 is 2.75 bits per heavy atom. The van der Waals surface area contributed by atoms with Gasteiger partial charge < -0.3 is 9.64 Å². The standard InChI is InChI=1S/C4H8N2O2/c1-6-2-3(5)8-4(6)7/h3H,2,5H2,1H3/t3-/m0/s1. The summed E-state index contributed by atoms with van der Waals surface area (Å²) in [4.78, 5) is 11.8. The number of ether oxygens (including phenoxy) is 1. The lowest BCUT2D eigenvalue weighted by Crippen LogP contribution is -2.24. The third-order valence-electron chi connectivity index (χ3n) is 1.02. The summed E-state index contributed by atoms with van der Waals surface area (Å²) in [7, 11) is 1.65. The quantitative estimate of drug-likeness (QED) is 0.457.